The summed E-state index contributed by atoms with van der Waals surface area (Å²) in [6, 6.07) is 0. The molecule has 1 atom stereocenters. The zero-order valence-corrected chi connectivity index (χ0v) is 9.07. The van der Waals surface area contributed by atoms with Gasteiger partial charge >= 0.3 is 11.9 Å². The smallest absolute Gasteiger partial charge is 0.336 e. The van der Waals surface area contributed by atoms with Gasteiger partial charge in [0.05, 0.1) is 18.1 Å². The van der Waals surface area contributed by atoms with E-state index >= 15 is 0 Å². The molecule has 0 saturated carbocycles. The molecule has 16 heavy (non-hydrogen) atoms. The summed E-state index contributed by atoms with van der Waals surface area (Å²) in [6.45, 7) is 3.28. The van der Waals surface area contributed by atoms with Gasteiger partial charge in [0.25, 0.3) is 0 Å². The van der Waals surface area contributed by atoms with Gasteiger partial charge < -0.3 is 15.2 Å². The van der Waals surface area contributed by atoms with E-state index in [4.69, 9.17) is 9.84 Å². The third-order valence-corrected chi connectivity index (χ3v) is 2.26. The van der Waals surface area contributed by atoms with Crippen molar-refractivity contribution in [1.29, 1.82) is 0 Å². The summed E-state index contributed by atoms with van der Waals surface area (Å²) in [4.78, 5) is 33.6. The zero-order valence-electron chi connectivity index (χ0n) is 9.07. The van der Waals surface area contributed by atoms with E-state index in [1.165, 1.54) is 6.92 Å². The van der Waals surface area contributed by atoms with Gasteiger partial charge in [-0.3, -0.25) is 9.59 Å². The standard InChI is InChI=1S/C10H13NO5/c1-3-16-10(15)8-5(2)11-7(12)4-6(8)9(13)14/h6H,3-4H2,1-2H3,(H,11,12)(H,13,14). The summed E-state index contributed by atoms with van der Waals surface area (Å²) < 4.78 is 4.76. The van der Waals surface area contributed by atoms with Crippen LogP contribution in [-0.4, -0.2) is 29.6 Å². The maximum absolute atomic E-state index is 11.5. The van der Waals surface area contributed by atoms with E-state index < -0.39 is 23.8 Å². The summed E-state index contributed by atoms with van der Waals surface area (Å²) in [5, 5.41) is 11.4. The fraction of sp³-hybridized carbons (Fsp3) is 0.500. The Kier molecular flexibility index (Phi) is 3.65. The number of aliphatic carboxylic acids is 1. The summed E-state index contributed by atoms with van der Waals surface area (Å²) >= 11 is 0. The topological polar surface area (TPSA) is 92.7 Å². The molecule has 1 aliphatic rings. The Balaban J connectivity index is 3.07. The first-order chi connectivity index (χ1) is 7.47. The summed E-state index contributed by atoms with van der Waals surface area (Å²) in [7, 11) is 0. The molecule has 2 N–H and O–H groups in total. The van der Waals surface area contributed by atoms with E-state index in [1.807, 2.05) is 0 Å². The first-order valence-electron chi connectivity index (χ1n) is 4.88. The Morgan fingerprint density at radius 1 is 1.56 bits per heavy atom. The van der Waals surface area contributed by atoms with Crippen molar-refractivity contribution in [2.75, 3.05) is 6.61 Å². The van der Waals surface area contributed by atoms with Gasteiger partial charge in [0.15, 0.2) is 0 Å². The minimum atomic E-state index is -1.20. The Labute approximate surface area is 92.3 Å². The number of hydrogen-bond acceptors (Lipinski definition) is 4. The third-order valence-electron chi connectivity index (χ3n) is 2.26. The van der Waals surface area contributed by atoms with Gasteiger partial charge in [-0.1, -0.05) is 0 Å². The SMILES string of the molecule is CCOC(=O)C1=C(C)NC(=O)CC1C(=O)O. The lowest BCUT2D eigenvalue weighted by Gasteiger charge is -2.22. The van der Waals surface area contributed by atoms with Crippen LogP contribution < -0.4 is 5.32 Å². The van der Waals surface area contributed by atoms with E-state index in [1.54, 1.807) is 6.92 Å². The normalized spacial score (nSPS) is 20.4. The number of rotatable bonds is 3. The van der Waals surface area contributed by atoms with Crippen LogP contribution in [0.5, 0.6) is 0 Å². The van der Waals surface area contributed by atoms with Crippen molar-refractivity contribution in [3.63, 3.8) is 0 Å². The van der Waals surface area contributed by atoms with Crippen LogP contribution in [0.3, 0.4) is 0 Å². The van der Waals surface area contributed by atoms with Gasteiger partial charge in [-0.15, -0.1) is 0 Å². The summed E-state index contributed by atoms with van der Waals surface area (Å²) in [5.74, 6) is -3.41. The molecule has 1 aliphatic heterocycles. The highest BCUT2D eigenvalue weighted by Crippen LogP contribution is 2.24. The first kappa shape index (κ1) is 12.2. The number of esters is 1. The number of carbonyl (C=O) groups is 3. The molecule has 1 rings (SSSR count). The molecule has 0 aromatic heterocycles. The van der Waals surface area contributed by atoms with Crippen LogP contribution >= 0.6 is 0 Å². The van der Waals surface area contributed by atoms with Crippen LogP contribution in [0.25, 0.3) is 0 Å². The first-order valence-corrected chi connectivity index (χ1v) is 4.88. The quantitative estimate of drug-likeness (QED) is 0.664. The maximum Gasteiger partial charge on any atom is 0.336 e. The average Bonchev–Trinajstić information content (AvgIpc) is 2.16. The van der Waals surface area contributed by atoms with Crippen molar-refractivity contribution in [2.45, 2.75) is 20.3 Å². The molecule has 1 heterocycles. The molecule has 1 amide bonds. The van der Waals surface area contributed by atoms with Crippen LogP contribution in [0.15, 0.2) is 11.3 Å². The third kappa shape index (κ3) is 2.39. The molecule has 0 radical (unpaired) electrons. The lowest BCUT2D eigenvalue weighted by atomic mass is 9.90. The van der Waals surface area contributed by atoms with Gasteiger partial charge in [0.1, 0.15) is 0 Å². The molecule has 0 aromatic rings. The second-order valence-corrected chi connectivity index (χ2v) is 3.40. The Morgan fingerprint density at radius 3 is 2.69 bits per heavy atom. The van der Waals surface area contributed by atoms with E-state index in [0.717, 1.165) is 0 Å². The lowest BCUT2D eigenvalue weighted by Crippen LogP contribution is -2.38. The molecule has 6 nitrogen and oxygen atoms in total. The number of hydrogen-bond donors (Lipinski definition) is 2. The van der Waals surface area contributed by atoms with Crippen LogP contribution in [0.2, 0.25) is 0 Å². The Hall–Kier alpha value is -1.85. The van der Waals surface area contributed by atoms with Gasteiger partial charge in [0, 0.05) is 12.1 Å². The summed E-state index contributed by atoms with van der Waals surface area (Å²) in [6.07, 6.45) is -0.235. The molecule has 0 aliphatic carbocycles. The van der Waals surface area contributed by atoms with Gasteiger partial charge in [0.2, 0.25) is 5.91 Å². The van der Waals surface area contributed by atoms with Gasteiger partial charge in [-0.25, -0.2) is 4.79 Å². The van der Waals surface area contributed by atoms with Gasteiger partial charge in [-0.05, 0) is 13.8 Å². The lowest BCUT2D eigenvalue weighted by molar-refractivity contribution is -0.147. The van der Waals surface area contributed by atoms with Crippen molar-refractivity contribution in [2.24, 2.45) is 5.92 Å². The minimum Gasteiger partial charge on any atom is -0.481 e. The molecular weight excluding hydrogens is 214 g/mol. The second kappa shape index (κ2) is 4.78. The molecule has 0 spiro atoms. The predicted molar refractivity (Wildman–Crippen MR) is 53.2 cm³/mol. The molecule has 0 aromatic carbocycles. The molecule has 0 bridgehead atoms. The molecule has 0 saturated heterocycles. The van der Waals surface area contributed by atoms with Crippen LogP contribution in [0.4, 0.5) is 0 Å². The van der Waals surface area contributed by atoms with Crippen molar-refractivity contribution >= 4 is 17.8 Å². The van der Waals surface area contributed by atoms with Crippen LogP contribution in [-0.2, 0) is 19.1 Å². The predicted octanol–water partition coefficient (Wildman–Crippen LogP) is 0.0442. The number of allylic oxidation sites excluding steroid dienone is 1. The van der Waals surface area contributed by atoms with E-state index in [2.05, 4.69) is 5.32 Å². The number of nitrogens with one attached hydrogen (secondary N) is 1. The molecule has 88 valence electrons. The van der Waals surface area contributed by atoms with E-state index in [-0.39, 0.29) is 24.3 Å². The van der Waals surface area contributed by atoms with E-state index in [9.17, 15) is 14.4 Å². The number of ether oxygens (including phenoxy) is 1. The highest BCUT2D eigenvalue weighted by molar-refractivity contribution is 6.00. The van der Waals surface area contributed by atoms with Crippen LogP contribution in [0.1, 0.15) is 20.3 Å². The van der Waals surface area contributed by atoms with Gasteiger partial charge in [-0.2, -0.15) is 0 Å². The number of carboxylic acid groups (broad SMARTS) is 1. The highest BCUT2D eigenvalue weighted by atomic mass is 16.5. The summed E-state index contributed by atoms with van der Waals surface area (Å²) in [5.41, 5.74) is 0.274. The zero-order chi connectivity index (χ0) is 12.3. The monoisotopic (exact) mass is 227 g/mol. The molecule has 0 fully saturated rings. The van der Waals surface area contributed by atoms with E-state index in [0.29, 0.717) is 0 Å². The number of carbonyl (C=O) groups excluding carboxylic acids is 2. The number of carboxylic acids is 1. The average molecular weight is 227 g/mol. The fourth-order valence-electron chi connectivity index (χ4n) is 1.59. The fourth-order valence-corrected chi connectivity index (χ4v) is 1.59. The highest BCUT2D eigenvalue weighted by Gasteiger charge is 2.36. The van der Waals surface area contributed by atoms with Crippen LogP contribution in [0, 0.1) is 5.92 Å². The Morgan fingerprint density at radius 2 is 2.19 bits per heavy atom. The molecular formula is C10H13NO5. The minimum absolute atomic E-state index is 0.0222. The second-order valence-electron chi connectivity index (χ2n) is 3.40. The Bertz CT molecular complexity index is 371. The van der Waals surface area contributed by atoms with Crippen molar-refractivity contribution < 1.29 is 24.2 Å². The molecule has 1 unspecified atom stereocenters. The van der Waals surface area contributed by atoms with Crippen molar-refractivity contribution in [1.82, 2.24) is 5.32 Å². The van der Waals surface area contributed by atoms with Crippen molar-refractivity contribution in [3.8, 4) is 0 Å². The number of amides is 1. The largest absolute Gasteiger partial charge is 0.481 e. The molecule has 6 heteroatoms. The van der Waals surface area contributed by atoms with Crippen molar-refractivity contribution in [3.05, 3.63) is 11.3 Å². The maximum atomic E-state index is 11.5.